The first-order valence-corrected chi connectivity index (χ1v) is 10.6. The van der Waals surface area contributed by atoms with Gasteiger partial charge >= 0.3 is 0 Å². The van der Waals surface area contributed by atoms with E-state index in [-0.39, 0.29) is 42.6 Å². The highest BCUT2D eigenvalue weighted by Gasteiger charge is 2.31. The number of carbonyl (C=O) groups excluding carboxylic acids is 1. The topological polar surface area (TPSA) is 70.2 Å². The van der Waals surface area contributed by atoms with Crippen molar-refractivity contribution in [3.8, 4) is 0 Å². The number of morpholine rings is 1. The third-order valence-electron chi connectivity index (χ3n) is 4.90. The normalized spacial score (nSPS) is 25.5. The Bertz CT molecular complexity index is 771. The average Bonchev–Trinajstić information content (AvgIpc) is 2.61. The van der Waals surface area contributed by atoms with Gasteiger partial charge in [-0.1, -0.05) is 6.07 Å². The fraction of sp³-hybridized carbons (Fsp3) is 0.611. The highest BCUT2D eigenvalue weighted by Crippen LogP contribution is 2.19. The highest BCUT2D eigenvalue weighted by molar-refractivity contribution is 7.89. The Kier molecular flexibility index (Phi) is 6.15. The molecule has 2 saturated heterocycles. The Balaban J connectivity index is 1.55. The second kappa shape index (κ2) is 8.22. The van der Waals surface area contributed by atoms with E-state index in [9.17, 15) is 17.6 Å². The molecular weight excluding hydrogens is 373 g/mol. The lowest BCUT2D eigenvalue weighted by atomic mass is 10.2. The summed E-state index contributed by atoms with van der Waals surface area (Å²) in [7, 11) is -3.72. The molecule has 2 atom stereocenters. The Morgan fingerprint density at radius 1 is 1.15 bits per heavy atom. The van der Waals surface area contributed by atoms with Crippen molar-refractivity contribution in [3.05, 3.63) is 30.1 Å². The third kappa shape index (κ3) is 4.84. The Morgan fingerprint density at radius 2 is 1.78 bits per heavy atom. The van der Waals surface area contributed by atoms with Crippen LogP contribution in [-0.4, -0.2) is 86.5 Å². The molecule has 7 nitrogen and oxygen atoms in total. The van der Waals surface area contributed by atoms with E-state index in [0.29, 0.717) is 26.2 Å². The molecule has 0 aliphatic carbocycles. The predicted molar refractivity (Wildman–Crippen MR) is 98.2 cm³/mol. The first kappa shape index (κ1) is 20.2. The van der Waals surface area contributed by atoms with Gasteiger partial charge in [0, 0.05) is 39.3 Å². The number of piperazine rings is 1. The van der Waals surface area contributed by atoms with Crippen LogP contribution in [0.25, 0.3) is 0 Å². The van der Waals surface area contributed by atoms with Gasteiger partial charge in [0.15, 0.2) is 0 Å². The summed E-state index contributed by atoms with van der Waals surface area (Å²) in [5, 5.41) is 0. The van der Waals surface area contributed by atoms with Gasteiger partial charge in [0.05, 0.1) is 23.6 Å². The molecular formula is C18H26FN3O4S. The lowest BCUT2D eigenvalue weighted by molar-refractivity contribution is -0.144. The van der Waals surface area contributed by atoms with Gasteiger partial charge in [-0.25, -0.2) is 12.8 Å². The second-order valence-corrected chi connectivity index (χ2v) is 9.13. The largest absolute Gasteiger partial charge is 0.372 e. The molecule has 0 radical (unpaired) electrons. The number of amides is 1. The van der Waals surface area contributed by atoms with Crippen LogP contribution in [0.5, 0.6) is 0 Å². The smallest absolute Gasteiger partial charge is 0.243 e. The van der Waals surface area contributed by atoms with Gasteiger partial charge < -0.3 is 9.64 Å². The lowest BCUT2D eigenvalue weighted by Crippen LogP contribution is -2.54. The van der Waals surface area contributed by atoms with Crippen molar-refractivity contribution in [1.82, 2.24) is 14.1 Å². The van der Waals surface area contributed by atoms with Crippen molar-refractivity contribution in [2.24, 2.45) is 0 Å². The standard InChI is InChI=1S/C18H26FN3O4S/c1-14-11-21(12-15(2)26-14)18(23)13-20-6-8-22(9-7-20)27(24,25)17-5-3-4-16(19)10-17/h3-5,10,14-15H,6-9,11-13H2,1-2H3/t14-,15-/m1/s1. The molecule has 0 spiro atoms. The van der Waals surface area contributed by atoms with Crippen LogP contribution >= 0.6 is 0 Å². The number of rotatable bonds is 4. The van der Waals surface area contributed by atoms with Crippen LogP contribution in [-0.2, 0) is 19.6 Å². The molecule has 2 aliphatic heterocycles. The molecule has 1 aromatic rings. The molecule has 0 unspecified atom stereocenters. The zero-order valence-electron chi connectivity index (χ0n) is 15.7. The van der Waals surface area contributed by atoms with Crippen molar-refractivity contribution < 1.29 is 22.3 Å². The lowest BCUT2D eigenvalue weighted by Gasteiger charge is -2.38. The number of halogens is 1. The van der Waals surface area contributed by atoms with Crippen LogP contribution in [0.3, 0.4) is 0 Å². The first-order valence-electron chi connectivity index (χ1n) is 9.17. The van der Waals surface area contributed by atoms with Gasteiger partial charge in [-0.15, -0.1) is 0 Å². The number of nitrogens with zero attached hydrogens (tertiary/aromatic N) is 3. The maximum Gasteiger partial charge on any atom is 0.243 e. The molecule has 150 valence electrons. The number of ether oxygens (including phenoxy) is 1. The van der Waals surface area contributed by atoms with E-state index >= 15 is 0 Å². The van der Waals surface area contributed by atoms with Crippen LogP contribution in [0.1, 0.15) is 13.8 Å². The van der Waals surface area contributed by atoms with E-state index in [0.717, 1.165) is 6.07 Å². The van der Waals surface area contributed by atoms with Gasteiger partial charge in [0.25, 0.3) is 0 Å². The predicted octanol–water partition coefficient (Wildman–Crippen LogP) is 0.768. The maximum absolute atomic E-state index is 13.4. The minimum atomic E-state index is -3.72. The number of sulfonamides is 1. The van der Waals surface area contributed by atoms with Crippen molar-refractivity contribution >= 4 is 15.9 Å². The number of carbonyl (C=O) groups is 1. The van der Waals surface area contributed by atoms with Crippen LogP contribution in [0.2, 0.25) is 0 Å². The van der Waals surface area contributed by atoms with Crippen molar-refractivity contribution in [1.29, 1.82) is 0 Å². The molecule has 2 aliphatic rings. The van der Waals surface area contributed by atoms with Gasteiger partial charge in [-0.2, -0.15) is 4.31 Å². The van der Waals surface area contributed by atoms with Crippen LogP contribution in [0.15, 0.2) is 29.2 Å². The van der Waals surface area contributed by atoms with E-state index < -0.39 is 15.8 Å². The maximum atomic E-state index is 13.4. The molecule has 2 heterocycles. The molecule has 1 aromatic carbocycles. The minimum Gasteiger partial charge on any atom is -0.372 e. The number of hydrogen-bond donors (Lipinski definition) is 0. The first-order chi connectivity index (χ1) is 12.8. The number of benzene rings is 1. The van der Waals surface area contributed by atoms with Gasteiger partial charge in [0.1, 0.15) is 5.82 Å². The highest BCUT2D eigenvalue weighted by atomic mass is 32.2. The molecule has 0 N–H and O–H groups in total. The minimum absolute atomic E-state index is 0.0194. The SMILES string of the molecule is C[C@@H]1CN(C(=O)CN2CCN(S(=O)(=O)c3cccc(F)c3)CC2)C[C@@H](C)O1. The summed E-state index contributed by atoms with van der Waals surface area (Å²) in [6, 6.07) is 5.04. The average molecular weight is 399 g/mol. The molecule has 9 heteroatoms. The summed E-state index contributed by atoms with van der Waals surface area (Å²) in [6.45, 7) is 6.83. The summed E-state index contributed by atoms with van der Waals surface area (Å²) < 4.78 is 45.6. The molecule has 0 saturated carbocycles. The van der Waals surface area contributed by atoms with Crippen LogP contribution in [0, 0.1) is 5.82 Å². The summed E-state index contributed by atoms with van der Waals surface area (Å²) >= 11 is 0. The Labute approximate surface area is 159 Å². The summed E-state index contributed by atoms with van der Waals surface area (Å²) in [4.78, 5) is 16.3. The summed E-state index contributed by atoms with van der Waals surface area (Å²) in [5.41, 5.74) is 0. The van der Waals surface area contributed by atoms with Gasteiger partial charge in [-0.05, 0) is 32.0 Å². The molecule has 3 rings (SSSR count). The van der Waals surface area contributed by atoms with Crippen molar-refractivity contribution in [3.63, 3.8) is 0 Å². The fourth-order valence-electron chi connectivity index (χ4n) is 3.58. The zero-order valence-corrected chi connectivity index (χ0v) is 16.5. The second-order valence-electron chi connectivity index (χ2n) is 7.19. The number of hydrogen-bond acceptors (Lipinski definition) is 5. The zero-order chi connectivity index (χ0) is 19.6. The quantitative estimate of drug-likeness (QED) is 0.748. The molecule has 2 fully saturated rings. The fourth-order valence-corrected chi connectivity index (χ4v) is 5.03. The summed E-state index contributed by atoms with van der Waals surface area (Å²) in [6.07, 6.45) is 0.0388. The summed E-state index contributed by atoms with van der Waals surface area (Å²) in [5.74, 6) is -0.535. The van der Waals surface area contributed by atoms with E-state index in [1.54, 1.807) is 0 Å². The molecule has 1 amide bonds. The van der Waals surface area contributed by atoms with Crippen molar-refractivity contribution in [2.75, 3.05) is 45.8 Å². The van der Waals surface area contributed by atoms with Gasteiger partial charge in [0.2, 0.25) is 15.9 Å². The Morgan fingerprint density at radius 3 is 2.37 bits per heavy atom. The van der Waals surface area contributed by atoms with Crippen LogP contribution < -0.4 is 0 Å². The molecule has 27 heavy (non-hydrogen) atoms. The van der Waals surface area contributed by atoms with Gasteiger partial charge in [-0.3, -0.25) is 9.69 Å². The van der Waals surface area contributed by atoms with E-state index in [1.807, 2.05) is 23.6 Å². The van der Waals surface area contributed by atoms with Crippen LogP contribution in [0.4, 0.5) is 4.39 Å². The Hall–Kier alpha value is -1.55. The van der Waals surface area contributed by atoms with E-state index in [2.05, 4.69) is 0 Å². The van der Waals surface area contributed by atoms with E-state index in [1.165, 1.54) is 22.5 Å². The van der Waals surface area contributed by atoms with E-state index in [4.69, 9.17) is 4.74 Å². The monoisotopic (exact) mass is 399 g/mol. The molecule has 0 aromatic heterocycles. The molecule has 0 bridgehead atoms. The van der Waals surface area contributed by atoms with Crippen molar-refractivity contribution in [2.45, 2.75) is 31.0 Å². The third-order valence-corrected chi connectivity index (χ3v) is 6.79.